The van der Waals surface area contributed by atoms with Crippen molar-refractivity contribution in [1.29, 1.82) is 0 Å². The minimum atomic E-state index is -1.91. The van der Waals surface area contributed by atoms with Crippen LogP contribution in [0.5, 0.6) is 5.75 Å². The third-order valence-electron chi connectivity index (χ3n) is 5.95. The van der Waals surface area contributed by atoms with Crippen LogP contribution >= 0.6 is 0 Å². The molecule has 0 N–H and O–H groups in total. The quantitative estimate of drug-likeness (QED) is 0.370. The summed E-state index contributed by atoms with van der Waals surface area (Å²) in [5.41, 5.74) is -0.0108. The van der Waals surface area contributed by atoms with Crippen LogP contribution in [0, 0.1) is 0 Å². The second kappa shape index (κ2) is 8.87. The zero-order chi connectivity index (χ0) is 19.2. The molecule has 144 valence electrons. The molecule has 0 aliphatic heterocycles. The Morgan fingerprint density at radius 3 is 2.38 bits per heavy atom. The van der Waals surface area contributed by atoms with Gasteiger partial charge in [0.25, 0.3) is 0 Å². The molecule has 2 unspecified atom stereocenters. The zero-order valence-electron chi connectivity index (χ0n) is 16.7. The van der Waals surface area contributed by atoms with Crippen molar-refractivity contribution in [2.75, 3.05) is 14.2 Å². The van der Waals surface area contributed by atoms with Crippen LogP contribution in [0.1, 0.15) is 39.2 Å². The maximum absolute atomic E-state index is 13.1. The van der Waals surface area contributed by atoms with Crippen LogP contribution in [0.25, 0.3) is 0 Å². The lowest BCUT2D eigenvalue weighted by atomic mass is 9.69. The van der Waals surface area contributed by atoms with Crippen LogP contribution in [-0.2, 0) is 19.4 Å². The van der Waals surface area contributed by atoms with E-state index in [9.17, 15) is 4.79 Å². The number of rotatable bonds is 8. The molecule has 2 atom stereocenters. The Morgan fingerprint density at radius 1 is 1.15 bits per heavy atom. The summed E-state index contributed by atoms with van der Waals surface area (Å²) in [4.78, 5) is 13.1. The van der Waals surface area contributed by atoms with Gasteiger partial charge in [-0.3, -0.25) is 4.79 Å². The molecule has 0 spiro atoms. The molecule has 1 aromatic rings. The molecule has 1 aliphatic carbocycles. The molecule has 26 heavy (non-hydrogen) atoms. The number of esters is 1. The number of para-hydroxylation sites is 1. The van der Waals surface area contributed by atoms with Gasteiger partial charge in [-0.2, -0.15) is 0 Å². The number of hydrogen-bond donors (Lipinski definition) is 0. The largest absolute Gasteiger partial charge is 0.496 e. The van der Waals surface area contributed by atoms with E-state index in [1.807, 2.05) is 24.3 Å². The third-order valence-corrected chi connectivity index (χ3v) is 10.6. The number of carbonyl (C=O) groups excluding carboxylic acids is 1. The van der Waals surface area contributed by atoms with Crippen LogP contribution in [-0.4, -0.2) is 34.6 Å². The number of carbonyl (C=O) groups is 1. The minimum absolute atomic E-state index is 0.248. The van der Waals surface area contributed by atoms with Crippen LogP contribution < -0.4 is 4.74 Å². The maximum atomic E-state index is 13.1. The van der Waals surface area contributed by atoms with Gasteiger partial charge in [-0.05, 0) is 37.0 Å². The fourth-order valence-electron chi connectivity index (χ4n) is 4.06. The lowest BCUT2D eigenvalue weighted by Crippen LogP contribution is -2.54. The average Bonchev–Trinajstić information content (AvgIpc) is 2.71. The number of ether oxygens (including phenoxy) is 2. The first-order valence-electron chi connectivity index (χ1n) is 9.60. The summed E-state index contributed by atoms with van der Waals surface area (Å²) < 4.78 is 17.7. The van der Waals surface area contributed by atoms with Gasteiger partial charge in [0, 0.05) is 5.56 Å². The highest BCUT2D eigenvalue weighted by Crippen LogP contribution is 2.45. The van der Waals surface area contributed by atoms with E-state index in [1.54, 1.807) is 7.11 Å². The van der Waals surface area contributed by atoms with Gasteiger partial charge in [0.1, 0.15) is 11.2 Å². The Labute approximate surface area is 158 Å². The van der Waals surface area contributed by atoms with E-state index in [-0.39, 0.29) is 12.1 Å². The van der Waals surface area contributed by atoms with Crippen molar-refractivity contribution >= 4 is 14.3 Å². The first-order valence-corrected chi connectivity index (χ1v) is 12.1. The van der Waals surface area contributed by atoms with Crippen molar-refractivity contribution < 1.29 is 18.7 Å². The zero-order valence-corrected chi connectivity index (χ0v) is 17.7. The smallest absolute Gasteiger partial charge is 0.319 e. The fourth-order valence-corrected chi connectivity index (χ4v) is 6.88. The molecule has 0 fully saturated rings. The Morgan fingerprint density at radius 2 is 1.81 bits per heavy atom. The van der Waals surface area contributed by atoms with Crippen molar-refractivity contribution in [3.8, 4) is 5.75 Å². The third kappa shape index (κ3) is 3.60. The predicted molar refractivity (Wildman–Crippen MR) is 107 cm³/mol. The summed E-state index contributed by atoms with van der Waals surface area (Å²) in [5.74, 6) is 0.459. The molecular formula is C21H32O4Si. The van der Waals surface area contributed by atoms with E-state index >= 15 is 0 Å². The number of hydrogen-bond acceptors (Lipinski definition) is 4. The average molecular weight is 377 g/mol. The van der Waals surface area contributed by atoms with Gasteiger partial charge in [-0.1, -0.05) is 51.1 Å². The van der Waals surface area contributed by atoms with Gasteiger partial charge in [-0.25, -0.2) is 0 Å². The first kappa shape index (κ1) is 20.7. The van der Waals surface area contributed by atoms with Gasteiger partial charge in [-0.15, -0.1) is 0 Å². The molecule has 4 nitrogen and oxygen atoms in total. The number of methoxy groups -OCH3 is 2. The van der Waals surface area contributed by atoms with Crippen LogP contribution in [0.4, 0.5) is 0 Å². The van der Waals surface area contributed by atoms with Crippen molar-refractivity contribution in [3.63, 3.8) is 0 Å². The molecule has 1 aliphatic rings. The van der Waals surface area contributed by atoms with Crippen molar-refractivity contribution in [1.82, 2.24) is 0 Å². The van der Waals surface area contributed by atoms with Crippen LogP contribution in [0.3, 0.4) is 0 Å². The van der Waals surface area contributed by atoms with Gasteiger partial charge in [0.2, 0.25) is 0 Å². The van der Waals surface area contributed by atoms with Crippen molar-refractivity contribution in [2.45, 2.75) is 63.3 Å². The number of allylic oxidation sites excluding steroid dienone is 1. The molecule has 5 heteroatoms. The minimum Gasteiger partial charge on any atom is -0.496 e. The molecular weight excluding hydrogens is 344 g/mol. The van der Waals surface area contributed by atoms with E-state index in [0.717, 1.165) is 30.1 Å². The molecule has 0 saturated heterocycles. The maximum Gasteiger partial charge on any atom is 0.319 e. The van der Waals surface area contributed by atoms with Crippen molar-refractivity contribution in [3.05, 3.63) is 42.0 Å². The van der Waals surface area contributed by atoms with Gasteiger partial charge < -0.3 is 13.9 Å². The summed E-state index contributed by atoms with van der Waals surface area (Å²) in [6.45, 7) is 6.61. The Bertz CT molecular complexity index is 630. The summed E-state index contributed by atoms with van der Waals surface area (Å²) in [6, 6.07) is 10.8. The lowest BCUT2D eigenvalue weighted by molar-refractivity contribution is -0.151. The molecule has 0 amide bonds. The highest BCUT2D eigenvalue weighted by molar-refractivity contribution is 6.73. The second-order valence-electron chi connectivity index (χ2n) is 6.91. The van der Waals surface area contributed by atoms with Gasteiger partial charge >= 0.3 is 5.97 Å². The Kier molecular flexibility index (Phi) is 7.06. The molecule has 1 aromatic carbocycles. The monoisotopic (exact) mass is 376 g/mol. The molecule has 2 rings (SSSR count). The molecule has 0 saturated carbocycles. The van der Waals surface area contributed by atoms with Crippen LogP contribution in [0.15, 0.2) is 36.4 Å². The van der Waals surface area contributed by atoms with Gasteiger partial charge in [0.05, 0.1) is 20.3 Å². The highest BCUT2D eigenvalue weighted by atomic mass is 28.4. The van der Waals surface area contributed by atoms with E-state index in [4.69, 9.17) is 13.9 Å². The van der Waals surface area contributed by atoms with E-state index in [1.165, 1.54) is 7.11 Å². The second-order valence-corrected chi connectivity index (χ2v) is 11.6. The topological polar surface area (TPSA) is 44.8 Å². The number of benzene rings is 1. The molecule has 0 aromatic heterocycles. The molecule has 0 bridgehead atoms. The standard InChI is InChI=1S/C21H32O4Si/c1-6-26(7-2,8-3)25-19-15-11-12-16-21(19,20(22)24-5)17-13-9-10-14-18(17)23-4/h9-11,13-15,19H,6-8,12,16H2,1-5H3. The summed E-state index contributed by atoms with van der Waals surface area (Å²) in [6.07, 6.45) is 5.33. The lowest BCUT2D eigenvalue weighted by Gasteiger charge is -2.44. The van der Waals surface area contributed by atoms with Crippen molar-refractivity contribution in [2.24, 2.45) is 0 Å². The Balaban J connectivity index is 2.61. The van der Waals surface area contributed by atoms with Gasteiger partial charge in [0.15, 0.2) is 8.32 Å². The Hall–Kier alpha value is -1.59. The summed E-state index contributed by atoms with van der Waals surface area (Å²) >= 11 is 0. The predicted octanol–water partition coefficient (Wildman–Crippen LogP) is 4.85. The summed E-state index contributed by atoms with van der Waals surface area (Å²) in [5, 5.41) is 0. The molecule has 0 radical (unpaired) electrons. The van der Waals surface area contributed by atoms with E-state index in [2.05, 4.69) is 32.9 Å². The SMILES string of the molecule is CC[Si](CC)(CC)OC1C=CCCC1(C(=O)OC)c1ccccc1OC. The van der Waals surface area contributed by atoms with E-state index in [0.29, 0.717) is 12.2 Å². The normalized spacial score (nSPS) is 22.9. The first-order chi connectivity index (χ1) is 12.5. The summed E-state index contributed by atoms with van der Waals surface area (Å²) in [7, 11) is 1.19. The van der Waals surface area contributed by atoms with Crippen LogP contribution in [0.2, 0.25) is 18.1 Å². The molecule has 0 heterocycles. The van der Waals surface area contributed by atoms with E-state index < -0.39 is 13.7 Å². The highest BCUT2D eigenvalue weighted by Gasteiger charge is 2.52. The fraction of sp³-hybridized carbons (Fsp3) is 0.571.